The molecule has 2 atom stereocenters. The lowest BCUT2D eigenvalue weighted by Gasteiger charge is -2.26. The van der Waals surface area contributed by atoms with Crippen molar-refractivity contribution in [2.24, 2.45) is 11.7 Å². The Labute approximate surface area is 94.7 Å². The lowest BCUT2D eigenvalue weighted by molar-refractivity contribution is 0.391. The van der Waals surface area contributed by atoms with E-state index in [1.165, 1.54) is 12.1 Å². The first-order chi connectivity index (χ1) is 7.44. The van der Waals surface area contributed by atoms with Crippen molar-refractivity contribution in [3.8, 4) is 0 Å². The molecular formula is C13H17F2N. The average molecular weight is 225 g/mol. The van der Waals surface area contributed by atoms with Crippen LogP contribution in [0.15, 0.2) is 12.1 Å². The zero-order valence-corrected chi connectivity index (χ0v) is 9.69. The Kier molecular flexibility index (Phi) is 2.74. The van der Waals surface area contributed by atoms with E-state index in [9.17, 15) is 8.78 Å². The molecule has 1 saturated carbocycles. The lowest BCUT2D eigenvalue weighted by atomic mass is 9.86. The minimum absolute atomic E-state index is 0.0804. The fourth-order valence-electron chi connectivity index (χ4n) is 2.67. The number of benzene rings is 1. The molecule has 1 aromatic rings. The molecule has 0 aliphatic heterocycles. The molecule has 1 aromatic carbocycles. The summed E-state index contributed by atoms with van der Waals surface area (Å²) in [6, 6.07) is 2.77. The van der Waals surface area contributed by atoms with E-state index >= 15 is 0 Å². The van der Waals surface area contributed by atoms with E-state index in [0.717, 1.165) is 6.42 Å². The van der Waals surface area contributed by atoms with E-state index in [0.29, 0.717) is 24.3 Å². The molecule has 0 bridgehead atoms. The van der Waals surface area contributed by atoms with E-state index < -0.39 is 17.2 Å². The summed E-state index contributed by atoms with van der Waals surface area (Å²) >= 11 is 0. The molecule has 2 N–H and O–H groups in total. The molecule has 1 aliphatic rings. The average Bonchev–Trinajstić information content (AvgIpc) is 2.54. The van der Waals surface area contributed by atoms with Crippen LogP contribution < -0.4 is 5.73 Å². The van der Waals surface area contributed by atoms with Crippen LogP contribution in [-0.2, 0) is 5.54 Å². The van der Waals surface area contributed by atoms with Gasteiger partial charge in [0.2, 0.25) is 0 Å². The van der Waals surface area contributed by atoms with Gasteiger partial charge in [0.05, 0.1) is 0 Å². The summed E-state index contributed by atoms with van der Waals surface area (Å²) in [5.74, 6) is -0.555. The molecule has 0 heterocycles. The maximum absolute atomic E-state index is 14.0. The van der Waals surface area contributed by atoms with Crippen LogP contribution in [0.5, 0.6) is 0 Å². The number of hydrogen-bond donors (Lipinski definition) is 1. The molecule has 1 fully saturated rings. The van der Waals surface area contributed by atoms with Crippen molar-refractivity contribution in [2.45, 2.75) is 38.6 Å². The Balaban J connectivity index is 2.51. The van der Waals surface area contributed by atoms with Crippen molar-refractivity contribution >= 4 is 0 Å². The molecule has 16 heavy (non-hydrogen) atoms. The van der Waals surface area contributed by atoms with Gasteiger partial charge in [-0.1, -0.05) is 13.0 Å². The van der Waals surface area contributed by atoms with Crippen LogP contribution >= 0.6 is 0 Å². The van der Waals surface area contributed by atoms with Gasteiger partial charge in [0, 0.05) is 11.1 Å². The predicted octanol–water partition coefficient (Wildman–Crippen LogP) is 3.25. The first kappa shape index (κ1) is 11.5. The van der Waals surface area contributed by atoms with E-state index in [4.69, 9.17) is 5.73 Å². The molecule has 1 nitrogen and oxygen atoms in total. The summed E-state index contributed by atoms with van der Waals surface area (Å²) in [4.78, 5) is 0. The van der Waals surface area contributed by atoms with E-state index in [1.54, 1.807) is 6.92 Å². The topological polar surface area (TPSA) is 26.0 Å². The Hall–Kier alpha value is -0.960. The van der Waals surface area contributed by atoms with Crippen molar-refractivity contribution in [3.05, 3.63) is 34.9 Å². The minimum Gasteiger partial charge on any atom is -0.321 e. The van der Waals surface area contributed by atoms with Crippen molar-refractivity contribution in [1.29, 1.82) is 0 Å². The molecule has 88 valence electrons. The van der Waals surface area contributed by atoms with Crippen LogP contribution in [0.25, 0.3) is 0 Å². The molecular weight excluding hydrogens is 208 g/mol. The Morgan fingerprint density at radius 3 is 2.62 bits per heavy atom. The largest absolute Gasteiger partial charge is 0.321 e. The highest BCUT2D eigenvalue weighted by molar-refractivity contribution is 5.33. The first-order valence-electron chi connectivity index (χ1n) is 5.68. The van der Waals surface area contributed by atoms with E-state index in [2.05, 4.69) is 6.92 Å². The van der Waals surface area contributed by atoms with Gasteiger partial charge >= 0.3 is 0 Å². The zero-order valence-electron chi connectivity index (χ0n) is 9.69. The molecule has 0 radical (unpaired) electrons. The summed E-state index contributed by atoms with van der Waals surface area (Å²) < 4.78 is 27.7. The number of hydrogen-bond acceptors (Lipinski definition) is 1. The zero-order chi connectivity index (χ0) is 11.9. The van der Waals surface area contributed by atoms with Crippen LogP contribution in [-0.4, -0.2) is 0 Å². The number of rotatable bonds is 1. The highest BCUT2D eigenvalue weighted by atomic mass is 19.1. The van der Waals surface area contributed by atoms with Crippen molar-refractivity contribution in [1.82, 2.24) is 0 Å². The molecule has 3 heteroatoms. The quantitative estimate of drug-likeness (QED) is 0.780. The summed E-state index contributed by atoms with van der Waals surface area (Å²) in [5.41, 5.74) is 5.88. The van der Waals surface area contributed by atoms with Gasteiger partial charge in [-0.3, -0.25) is 0 Å². The third-order valence-electron chi connectivity index (χ3n) is 3.58. The Bertz CT molecular complexity index is 417. The smallest absolute Gasteiger partial charge is 0.134 e. The van der Waals surface area contributed by atoms with Gasteiger partial charge in [0.25, 0.3) is 0 Å². The highest BCUT2D eigenvalue weighted by Crippen LogP contribution is 2.42. The fraction of sp³-hybridized carbons (Fsp3) is 0.538. The van der Waals surface area contributed by atoms with Gasteiger partial charge < -0.3 is 5.73 Å². The summed E-state index contributed by atoms with van der Waals surface area (Å²) in [5, 5.41) is 0. The first-order valence-corrected chi connectivity index (χ1v) is 5.68. The number of nitrogens with two attached hydrogens (primary N) is 1. The van der Waals surface area contributed by atoms with Gasteiger partial charge in [-0.25, -0.2) is 8.78 Å². The maximum Gasteiger partial charge on any atom is 0.134 e. The van der Waals surface area contributed by atoms with Gasteiger partial charge in [0.1, 0.15) is 11.6 Å². The SMILES string of the molecule is Cc1ccc(F)c(C2(N)CCC(C)C2)c1F. The summed E-state index contributed by atoms with van der Waals surface area (Å²) in [6.45, 7) is 3.71. The van der Waals surface area contributed by atoms with Crippen LogP contribution in [0.3, 0.4) is 0 Å². The van der Waals surface area contributed by atoms with Crippen LogP contribution in [0, 0.1) is 24.5 Å². The highest BCUT2D eigenvalue weighted by Gasteiger charge is 2.39. The second-order valence-corrected chi connectivity index (χ2v) is 5.06. The number of halogens is 2. The molecule has 0 aromatic heterocycles. The van der Waals surface area contributed by atoms with Crippen LogP contribution in [0.1, 0.15) is 37.3 Å². The third kappa shape index (κ3) is 1.73. The van der Waals surface area contributed by atoms with Gasteiger partial charge in [-0.15, -0.1) is 0 Å². The molecule has 0 spiro atoms. The van der Waals surface area contributed by atoms with E-state index in [-0.39, 0.29) is 5.56 Å². The third-order valence-corrected chi connectivity index (χ3v) is 3.58. The maximum atomic E-state index is 14.0. The van der Waals surface area contributed by atoms with Gasteiger partial charge in [-0.2, -0.15) is 0 Å². The van der Waals surface area contributed by atoms with Crippen LogP contribution in [0.4, 0.5) is 8.78 Å². The standard InChI is InChI=1S/C13H17F2N/c1-8-5-6-13(16,7-8)11-10(14)4-3-9(2)12(11)15/h3-4,8H,5-7,16H2,1-2H3. The molecule has 2 rings (SSSR count). The monoisotopic (exact) mass is 225 g/mol. The molecule has 2 unspecified atom stereocenters. The van der Waals surface area contributed by atoms with Gasteiger partial charge in [-0.05, 0) is 43.7 Å². The lowest BCUT2D eigenvalue weighted by Crippen LogP contribution is -2.36. The van der Waals surface area contributed by atoms with Gasteiger partial charge in [0.15, 0.2) is 0 Å². The number of aryl methyl sites for hydroxylation is 1. The summed E-state index contributed by atoms with van der Waals surface area (Å²) in [7, 11) is 0. The second-order valence-electron chi connectivity index (χ2n) is 5.06. The predicted molar refractivity (Wildman–Crippen MR) is 60.0 cm³/mol. The Morgan fingerprint density at radius 1 is 1.38 bits per heavy atom. The minimum atomic E-state index is -0.820. The summed E-state index contributed by atoms with van der Waals surface area (Å²) in [6.07, 6.45) is 2.25. The van der Waals surface area contributed by atoms with Crippen molar-refractivity contribution in [2.75, 3.05) is 0 Å². The molecule has 1 aliphatic carbocycles. The molecule has 0 amide bonds. The Morgan fingerprint density at radius 2 is 2.06 bits per heavy atom. The van der Waals surface area contributed by atoms with Crippen molar-refractivity contribution in [3.63, 3.8) is 0 Å². The van der Waals surface area contributed by atoms with Crippen molar-refractivity contribution < 1.29 is 8.78 Å². The second kappa shape index (κ2) is 3.81. The molecule has 0 saturated heterocycles. The van der Waals surface area contributed by atoms with E-state index in [1.807, 2.05) is 0 Å². The fourth-order valence-corrected chi connectivity index (χ4v) is 2.67. The van der Waals surface area contributed by atoms with Crippen LogP contribution in [0.2, 0.25) is 0 Å². The normalized spacial score (nSPS) is 29.7.